The predicted molar refractivity (Wildman–Crippen MR) is 121 cm³/mol. The molecule has 3 aromatic carbocycles. The number of aromatic hydroxyl groups is 1. The second-order valence-corrected chi connectivity index (χ2v) is 7.62. The molecule has 1 fully saturated rings. The van der Waals surface area contributed by atoms with Crippen molar-refractivity contribution in [3.63, 3.8) is 0 Å². The zero-order chi connectivity index (χ0) is 22.3. The molecule has 0 unspecified atom stereocenters. The third kappa shape index (κ3) is 5.29. The van der Waals surface area contributed by atoms with Gasteiger partial charge in [-0.15, -0.1) is 0 Å². The molecule has 1 saturated heterocycles. The van der Waals surface area contributed by atoms with Crippen molar-refractivity contribution in [2.75, 3.05) is 39.4 Å². The lowest BCUT2D eigenvalue weighted by Gasteiger charge is -2.34. The molecule has 0 aromatic heterocycles. The van der Waals surface area contributed by atoms with Crippen LogP contribution in [0.15, 0.2) is 66.7 Å². The van der Waals surface area contributed by atoms with E-state index in [1.807, 2.05) is 42.5 Å². The van der Waals surface area contributed by atoms with Crippen molar-refractivity contribution in [3.8, 4) is 17.2 Å². The van der Waals surface area contributed by atoms with E-state index in [1.165, 1.54) is 12.1 Å². The third-order valence-electron chi connectivity index (χ3n) is 5.51. The number of piperazine rings is 1. The van der Waals surface area contributed by atoms with Crippen LogP contribution in [0.1, 0.15) is 6.42 Å². The number of carbonyl (C=O) groups is 2. The Hall–Kier alpha value is -3.74. The SMILES string of the molecule is O=C(CCOc1ccc(O)cc1)N1CCN(C(=O)COc2cccc3ccccc23)CC1. The third-order valence-corrected chi connectivity index (χ3v) is 5.51. The number of hydrogen-bond acceptors (Lipinski definition) is 5. The Kier molecular flexibility index (Phi) is 6.75. The van der Waals surface area contributed by atoms with Gasteiger partial charge in [0.05, 0.1) is 13.0 Å². The van der Waals surface area contributed by atoms with Gasteiger partial charge in [0.1, 0.15) is 17.2 Å². The van der Waals surface area contributed by atoms with E-state index < -0.39 is 0 Å². The highest BCUT2D eigenvalue weighted by Gasteiger charge is 2.24. The summed E-state index contributed by atoms with van der Waals surface area (Å²) >= 11 is 0. The largest absolute Gasteiger partial charge is 0.508 e. The summed E-state index contributed by atoms with van der Waals surface area (Å²) in [5, 5.41) is 11.3. The van der Waals surface area contributed by atoms with Crippen LogP contribution in [0.4, 0.5) is 0 Å². The van der Waals surface area contributed by atoms with Crippen LogP contribution >= 0.6 is 0 Å². The van der Waals surface area contributed by atoms with Gasteiger partial charge in [-0.3, -0.25) is 9.59 Å². The first-order valence-corrected chi connectivity index (χ1v) is 10.7. The predicted octanol–water partition coefficient (Wildman–Crippen LogP) is 3.06. The summed E-state index contributed by atoms with van der Waals surface area (Å²) in [4.78, 5) is 28.5. The summed E-state index contributed by atoms with van der Waals surface area (Å²) in [6, 6.07) is 20.1. The van der Waals surface area contributed by atoms with E-state index in [2.05, 4.69) is 0 Å². The first kappa shape index (κ1) is 21.5. The Balaban J connectivity index is 1.20. The maximum Gasteiger partial charge on any atom is 0.260 e. The number of hydrogen-bond donors (Lipinski definition) is 1. The minimum atomic E-state index is -0.0827. The molecule has 0 radical (unpaired) electrons. The van der Waals surface area contributed by atoms with Gasteiger partial charge < -0.3 is 24.4 Å². The highest BCUT2D eigenvalue weighted by atomic mass is 16.5. The summed E-state index contributed by atoms with van der Waals surface area (Å²) < 4.78 is 11.4. The van der Waals surface area contributed by atoms with Gasteiger partial charge in [0.2, 0.25) is 5.91 Å². The van der Waals surface area contributed by atoms with Gasteiger partial charge in [-0.2, -0.15) is 0 Å². The Morgan fingerprint density at radius 3 is 2.19 bits per heavy atom. The van der Waals surface area contributed by atoms with Crippen LogP contribution < -0.4 is 9.47 Å². The Morgan fingerprint density at radius 2 is 1.44 bits per heavy atom. The maximum atomic E-state index is 12.6. The van der Waals surface area contributed by atoms with Crippen LogP contribution in [-0.4, -0.2) is 66.1 Å². The lowest BCUT2D eigenvalue weighted by Crippen LogP contribution is -2.51. The number of fused-ring (bicyclic) bond motifs is 1. The minimum Gasteiger partial charge on any atom is -0.508 e. The van der Waals surface area contributed by atoms with Crippen LogP contribution in [0.2, 0.25) is 0 Å². The highest BCUT2D eigenvalue weighted by Crippen LogP contribution is 2.25. The van der Waals surface area contributed by atoms with Gasteiger partial charge >= 0.3 is 0 Å². The molecule has 0 atom stereocenters. The van der Waals surface area contributed by atoms with Crippen molar-refractivity contribution in [1.82, 2.24) is 9.80 Å². The van der Waals surface area contributed by atoms with Crippen LogP contribution in [0.3, 0.4) is 0 Å². The molecule has 1 N–H and O–H groups in total. The van der Waals surface area contributed by atoms with Crippen LogP contribution in [-0.2, 0) is 9.59 Å². The van der Waals surface area contributed by atoms with E-state index in [0.717, 1.165) is 10.8 Å². The number of amides is 2. The van der Waals surface area contributed by atoms with Crippen molar-refractivity contribution < 1.29 is 24.2 Å². The van der Waals surface area contributed by atoms with Crippen molar-refractivity contribution >= 4 is 22.6 Å². The van der Waals surface area contributed by atoms with Gasteiger partial charge in [-0.05, 0) is 35.7 Å². The van der Waals surface area contributed by atoms with E-state index in [-0.39, 0.29) is 37.2 Å². The number of ether oxygens (including phenoxy) is 2. The Morgan fingerprint density at radius 1 is 0.781 bits per heavy atom. The molecule has 7 nitrogen and oxygen atoms in total. The summed E-state index contributed by atoms with van der Waals surface area (Å²) in [6.45, 7) is 2.21. The van der Waals surface area contributed by atoms with Crippen molar-refractivity contribution in [2.45, 2.75) is 6.42 Å². The second-order valence-electron chi connectivity index (χ2n) is 7.62. The van der Waals surface area contributed by atoms with Crippen molar-refractivity contribution in [3.05, 3.63) is 66.7 Å². The van der Waals surface area contributed by atoms with E-state index in [0.29, 0.717) is 37.7 Å². The zero-order valence-corrected chi connectivity index (χ0v) is 17.8. The van der Waals surface area contributed by atoms with E-state index in [1.54, 1.807) is 21.9 Å². The fourth-order valence-electron chi connectivity index (χ4n) is 3.71. The molecule has 0 spiro atoms. The average Bonchev–Trinajstić information content (AvgIpc) is 2.83. The van der Waals surface area contributed by atoms with Gasteiger partial charge in [0, 0.05) is 31.6 Å². The maximum absolute atomic E-state index is 12.6. The molecule has 3 aromatic rings. The number of phenols is 1. The molecule has 1 aliphatic rings. The van der Waals surface area contributed by atoms with Crippen LogP contribution in [0.25, 0.3) is 10.8 Å². The first-order valence-electron chi connectivity index (χ1n) is 10.7. The standard InChI is InChI=1S/C25H26N2O5/c28-20-8-10-21(11-9-20)31-17-12-24(29)26-13-15-27(16-14-26)25(30)18-32-23-7-3-5-19-4-1-2-6-22(19)23/h1-11,28H,12-18H2. The normalized spacial score (nSPS) is 13.8. The summed E-state index contributed by atoms with van der Waals surface area (Å²) in [7, 11) is 0. The molecule has 166 valence electrons. The number of carbonyl (C=O) groups excluding carboxylic acids is 2. The van der Waals surface area contributed by atoms with Gasteiger partial charge in [0.15, 0.2) is 6.61 Å². The molecule has 0 aliphatic carbocycles. The Bertz CT molecular complexity index is 1070. The summed E-state index contributed by atoms with van der Waals surface area (Å²) in [5.41, 5.74) is 0. The van der Waals surface area contributed by atoms with Crippen molar-refractivity contribution in [2.24, 2.45) is 0 Å². The number of rotatable bonds is 7. The summed E-state index contributed by atoms with van der Waals surface area (Å²) in [5.74, 6) is 1.39. The topological polar surface area (TPSA) is 79.3 Å². The number of phenolic OH excluding ortho intramolecular Hbond substituents is 1. The molecule has 32 heavy (non-hydrogen) atoms. The average molecular weight is 434 g/mol. The number of nitrogens with zero attached hydrogens (tertiary/aromatic N) is 2. The molecule has 1 aliphatic heterocycles. The van der Waals surface area contributed by atoms with E-state index in [4.69, 9.17) is 9.47 Å². The summed E-state index contributed by atoms with van der Waals surface area (Å²) in [6.07, 6.45) is 0.263. The molecule has 4 rings (SSSR count). The van der Waals surface area contributed by atoms with Crippen LogP contribution in [0.5, 0.6) is 17.2 Å². The number of benzene rings is 3. The van der Waals surface area contributed by atoms with Crippen molar-refractivity contribution in [1.29, 1.82) is 0 Å². The van der Waals surface area contributed by atoms with Crippen LogP contribution in [0, 0.1) is 0 Å². The fraction of sp³-hybridized carbons (Fsp3) is 0.280. The fourth-order valence-corrected chi connectivity index (χ4v) is 3.71. The lowest BCUT2D eigenvalue weighted by molar-refractivity contribution is -0.141. The van der Waals surface area contributed by atoms with E-state index >= 15 is 0 Å². The quantitative estimate of drug-likeness (QED) is 0.618. The molecule has 2 amide bonds. The smallest absolute Gasteiger partial charge is 0.260 e. The molecule has 0 saturated carbocycles. The molecule has 1 heterocycles. The first-order chi connectivity index (χ1) is 15.6. The van der Waals surface area contributed by atoms with Gasteiger partial charge in [-0.1, -0.05) is 36.4 Å². The molecule has 0 bridgehead atoms. The van der Waals surface area contributed by atoms with E-state index in [9.17, 15) is 14.7 Å². The minimum absolute atomic E-state index is 0.00267. The van der Waals surface area contributed by atoms with Gasteiger partial charge in [-0.25, -0.2) is 0 Å². The Labute approximate surface area is 186 Å². The monoisotopic (exact) mass is 434 g/mol. The lowest BCUT2D eigenvalue weighted by atomic mass is 10.1. The van der Waals surface area contributed by atoms with Gasteiger partial charge in [0.25, 0.3) is 5.91 Å². The molecular weight excluding hydrogens is 408 g/mol. The zero-order valence-electron chi connectivity index (χ0n) is 17.8. The molecule has 7 heteroatoms. The highest BCUT2D eigenvalue weighted by molar-refractivity contribution is 5.88. The molecular formula is C25H26N2O5. The second kappa shape index (κ2) is 10.0.